The van der Waals surface area contributed by atoms with Gasteiger partial charge >= 0.3 is 17.8 Å². The molecule has 1 heterocycles. The highest BCUT2D eigenvalue weighted by atomic mass is 16.6. The largest absolute Gasteiger partial charge is 0.474 e. The Labute approximate surface area is 137 Å². The van der Waals surface area contributed by atoms with Crippen molar-refractivity contribution in [1.29, 1.82) is 0 Å². The van der Waals surface area contributed by atoms with E-state index in [0.29, 0.717) is 18.6 Å². The summed E-state index contributed by atoms with van der Waals surface area (Å²) < 4.78 is 15.6. The predicted octanol–water partition coefficient (Wildman–Crippen LogP) is 1.47. The monoisotopic (exact) mass is 331 g/mol. The van der Waals surface area contributed by atoms with Crippen LogP contribution in [0, 0.1) is 0 Å². The highest BCUT2D eigenvalue weighted by molar-refractivity contribution is 5.96. The summed E-state index contributed by atoms with van der Waals surface area (Å²) >= 11 is 0. The number of nitrogens with two attached hydrogens (primary N) is 1. The Morgan fingerprint density at radius 3 is 2.71 bits per heavy atom. The average Bonchev–Trinajstić information content (AvgIpc) is 3.12. The van der Waals surface area contributed by atoms with Crippen molar-refractivity contribution in [1.82, 2.24) is 10.2 Å². The van der Waals surface area contributed by atoms with Gasteiger partial charge in [0, 0.05) is 0 Å². The molecule has 1 aromatic carbocycles. The Bertz CT molecular complexity index is 704. The van der Waals surface area contributed by atoms with Crippen LogP contribution in [0.25, 0.3) is 0 Å². The molecule has 0 bridgehead atoms. The van der Waals surface area contributed by atoms with Crippen LogP contribution in [0.1, 0.15) is 36.4 Å². The van der Waals surface area contributed by atoms with E-state index >= 15 is 0 Å². The number of esters is 2. The van der Waals surface area contributed by atoms with Gasteiger partial charge in [0.15, 0.2) is 0 Å². The maximum absolute atomic E-state index is 12.7. The maximum atomic E-state index is 12.7. The number of hydrogen-bond acceptors (Lipinski definition) is 8. The molecule has 2 unspecified atom stereocenters. The van der Waals surface area contributed by atoms with Crippen LogP contribution in [-0.4, -0.2) is 33.8 Å². The topological polar surface area (TPSA) is 118 Å². The molecule has 1 aliphatic rings. The van der Waals surface area contributed by atoms with Gasteiger partial charge in [-0.15, -0.1) is 10.2 Å². The molecule has 1 aliphatic carbocycles. The molecule has 2 atom stereocenters. The van der Waals surface area contributed by atoms with Crippen molar-refractivity contribution in [2.24, 2.45) is 5.73 Å². The van der Waals surface area contributed by atoms with Crippen molar-refractivity contribution in [3.8, 4) is 5.75 Å². The molecular formula is C16H17N3O5. The Hall–Kier alpha value is -2.74. The number of carbonyl (C=O) groups is 2. The van der Waals surface area contributed by atoms with Crippen molar-refractivity contribution < 1.29 is 23.5 Å². The van der Waals surface area contributed by atoms with Gasteiger partial charge in [-0.3, -0.25) is 0 Å². The lowest BCUT2D eigenvalue weighted by molar-refractivity contribution is -0.161. The second-order valence-electron chi connectivity index (χ2n) is 5.58. The molecule has 126 valence electrons. The first-order chi connectivity index (χ1) is 11.6. The van der Waals surface area contributed by atoms with Gasteiger partial charge in [-0.2, -0.15) is 0 Å². The molecule has 0 saturated heterocycles. The van der Waals surface area contributed by atoms with Gasteiger partial charge in [0.2, 0.25) is 12.0 Å². The zero-order valence-corrected chi connectivity index (χ0v) is 12.9. The standard InChI is InChI=1S/C16H17N3O5/c17-12-8-4-5-9-16(12,24-11-6-2-1-3-7-11)15(21)23-14(20)13-19-18-10-22-13/h1-3,6-7,10,12H,4-5,8-9,17H2. The summed E-state index contributed by atoms with van der Waals surface area (Å²) in [7, 11) is 0. The molecule has 0 aliphatic heterocycles. The van der Waals surface area contributed by atoms with E-state index in [2.05, 4.69) is 10.2 Å². The summed E-state index contributed by atoms with van der Waals surface area (Å²) in [5.74, 6) is -1.78. The summed E-state index contributed by atoms with van der Waals surface area (Å²) in [6.07, 6.45) is 3.55. The quantitative estimate of drug-likeness (QED) is 0.661. The minimum atomic E-state index is -1.42. The van der Waals surface area contributed by atoms with E-state index in [-0.39, 0.29) is 0 Å². The van der Waals surface area contributed by atoms with Crippen LogP contribution in [0.3, 0.4) is 0 Å². The average molecular weight is 331 g/mol. The van der Waals surface area contributed by atoms with Gasteiger partial charge in [0.1, 0.15) is 5.75 Å². The molecule has 0 radical (unpaired) electrons. The van der Waals surface area contributed by atoms with Gasteiger partial charge in [-0.05, 0) is 31.4 Å². The number of nitrogens with zero attached hydrogens (tertiary/aromatic N) is 2. The first-order valence-electron chi connectivity index (χ1n) is 7.64. The van der Waals surface area contributed by atoms with Crippen molar-refractivity contribution in [3.05, 3.63) is 42.6 Å². The molecule has 8 heteroatoms. The second-order valence-corrected chi connectivity index (χ2v) is 5.58. The molecule has 2 aromatic rings. The van der Waals surface area contributed by atoms with Gasteiger partial charge in [0.05, 0.1) is 6.04 Å². The fraction of sp³-hybridized carbons (Fsp3) is 0.375. The number of ether oxygens (including phenoxy) is 2. The van der Waals surface area contributed by atoms with Gasteiger partial charge in [0.25, 0.3) is 0 Å². The van der Waals surface area contributed by atoms with Crippen molar-refractivity contribution in [2.45, 2.75) is 37.3 Å². The number of rotatable bonds is 4. The minimum Gasteiger partial charge on any atom is -0.474 e. The van der Waals surface area contributed by atoms with E-state index in [9.17, 15) is 9.59 Å². The van der Waals surface area contributed by atoms with Gasteiger partial charge in [-0.25, -0.2) is 9.59 Å². The number of benzene rings is 1. The smallest absolute Gasteiger partial charge is 0.404 e. The second kappa shape index (κ2) is 6.79. The lowest BCUT2D eigenvalue weighted by Gasteiger charge is -2.39. The number of carbonyl (C=O) groups excluding carboxylic acids is 2. The summed E-state index contributed by atoms with van der Waals surface area (Å²) in [6.45, 7) is 0. The molecule has 3 rings (SSSR count). The predicted molar refractivity (Wildman–Crippen MR) is 81.0 cm³/mol. The van der Waals surface area contributed by atoms with E-state index < -0.39 is 29.5 Å². The third-order valence-electron chi connectivity index (χ3n) is 4.02. The molecule has 1 fully saturated rings. The maximum Gasteiger partial charge on any atom is 0.404 e. The van der Waals surface area contributed by atoms with E-state index in [4.69, 9.17) is 19.6 Å². The summed E-state index contributed by atoms with van der Waals surface area (Å²) in [5, 5.41) is 6.80. The third-order valence-corrected chi connectivity index (χ3v) is 4.02. The summed E-state index contributed by atoms with van der Waals surface area (Å²) in [4.78, 5) is 24.6. The van der Waals surface area contributed by atoms with Crippen LogP contribution in [-0.2, 0) is 9.53 Å². The Kier molecular flexibility index (Phi) is 4.57. The summed E-state index contributed by atoms with van der Waals surface area (Å²) in [5.41, 5.74) is 4.75. The van der Waals surface area contributed by atoms with Crippen LogP contribution < -0.4 is 10.5 Å². The lowest BCUT2D eigenvalue weighted by Crippen LogP contribution is -2.60. The molecule has 1 aromatic heterocycles. The molecular weight excluding hydrogens is 314 g/mol. The fourth-order valence-corrected chi connectivity index (χ4v) is 2.77. The third kappa shape index (κ3) is 3.13. The number of aromatic nitrogens is 2. The van der Waals surface area contributed by atoms with Crippen LogP contribution in [0.2, 0.25) is 0 Å². The van der Waals surface area contributed by atoms with Crippen LogP contribution >= 0.6 is 0 Å². The van der Waals surface area contributed by atoms with Crippen molar-refractivity contribution in [3.63, 3.8) is 0 Å². The van der Waals surface area contributed by atoms with Crippen molar-refractivity contribution >= 4 is 11.9 Å². The minimum absolute atomic E-state index is 0.360. The molecule has 24 heavy (non-hydrogen) atoms. The summed E-state index contributed by atoms with van der Waals surface area (Å²) in [6, 6.07) is 8.25. The number of hydrogen-bond donors (Lipinski definition) is 1. The molecule has 8 nitrogen and oxygen atoms in total. The van der Waals surface area contributed by atoms with E-state index in [1.54, 1.807) is 24.3 Å². The molecule has 0 spiro atoms. The van der Waals surface area contributed by atoms with E-state index in [0.717, 1.165) is 19.2 Å². The Morgan fingerprint density at radius 1 is 1.25 bits per heavy atom. The first kappa shape index (κ1) is 16.1. The Morgan fingerprint density at radius 2 is 2.04 bits per heavy atom. The van der Waals surface area contributed by atoms with Crippen molar-refractivity contribution in [2.75, 3.05) is 0 Å². The fourth-order valence-electron chi connectivity index (χ4n) is 2.77. The van der Waals surface area contributed by atoms with Gasteiger partial charge in [-0.1, -0.05) is 24.6 Å². The van der Waals surface area contributed by atoms with E-state index in [1.165, 1.54) is 0 Å². The SMILES string of the molecule is NC1CCCCC1(Oc1ccccc1)C(=O)OC(=O)c1nnco1. The molecule has 1 saturated carbocycles. The highest BCUT2D eigenvalue weighted by Crippen LogP contribution is 2.33. The highest BCUT2D eigenvalue weighted by Gasteiger charge is 2.50. The molecule has 2 N–H and O–H groups in total. The van der Waals surface area contributed by atoms with Crippen LogP contribution in [0.15, 0.2) is 41.1 Å². The first-order valence-corrected chi connectivity index (χ1v) is 7.64. The molecule has 0 amide bonds. The van der Waals surface area contributed by atoms with Gasteiger partial charge < -0.3 is 19.6 Å². The number of para-hydroxylation sites is 1. The Balaban J connectivity index is 1.84. The van der Waals surface area contributed by atoms with E-state index in [1.807, 2.05) is 6.07 Å². The lowest BCUT2D eigenvalue weighted by atomic mass is 9.80. The zero-order chi connectivity index (χ0) is 17.0. The zero-order valence-electron chi connectivity index (χ0n) is 12.9. The normalized spacial score (nSPS) is 23.5. The van der Waals surface area contributed by atoms with Crippen LogP contribution in [0.5, 0.6) is 5.75 Å². The van der Waals surface area contributed by atoms with Crippen LogP contribution in [0.4, 0.5) is 0 Å².